The van der Waals surface area contributed by atoms with Crippen LogP contribution >= 0.6 is 0 Å². The van der Waals surface area contributed by atoms with Gasteiger partial charge in [0.05, 0.1) is 24.0 Å². The molecule has 23 nitrogen and oxygen atoms in total. The highest BCUT2D eigenvalue weighted by molar-refractivity contribution is 6.01. The van der Waals surface area contributed by atoms with E-state index in [1.54, 1.807) is 20.1 Å². The van der Waals surface area contributed by atoms with Crippen LogP contribution < -0.4 is 43.4 Å². The largest absolute Gasteiger partial charge is 0.508 e. The van der Waals surface area contributed by atoms with Crippen molar-refractivity contribution in [1.29, 1.82) is 0 Å². The number of aromatic hydroxyl groups is 1. The van der Waals surface area contributed by atoms with E-state index in [2.05, 4.69) is 43.5 Å². The summed E-state index contributed by atoms with van der Waals surface area (Å²) in [6, 6.07) is 6.09. The molecule has 1 fully saturated rings. The molecule has 0 bridgehead atoms. The number of ether oxygens (including phenoxy) is 1. The van der Waals surface area contributed by atoms with Crippen LogP contribution in [0.15, 0.2) is 95.7 Å². The lowest BCUT2D eigenvalue weighted by Crippen LogP contribution is -2.59. The number of hydrogen-bond donors (Lipinski definition) is 11. The fourth-order valence-corrected chi connectivity index (χ4v) is 7.88. The Hall–Kier alpha value is -8.08. The second-order valence-electron chi connectivity index (χ2n) is 18.5. The number of carbonyl (C=O) groups is 9. The lowest BCUT2D eigenvalue weighted by Gasteiger charge is -2.29. The Bertz CT molecular complexity index is 2460. The van der Waals surface area contributed by atoms with Crippen LogP contribution in [0.4, 0.5) is 0 Å². The van der Waals surface area contributed by atoms with Crippen molar-refractivity contribution in [1.82, 2.24) is 36.8 Å². The molecule has 13 N–H and O–H groups in total. The Morgan fingerprint density at radius 2 is 1.39 bits per heavy atom. The minimum atomic E-state index is -1.95. The van der Waals surface area contributed by atoms with Gasteiger partial charge < -0.3 is 68.3 Å². The van der Waals surface area contributed by atoms with Crippen molar-refractivity contribution in [2.75, 3.05) is 20.7 Å². The summed E-state index contributed by atoms with van der Waals surface area (Å²) < 4.78 is 5.83. The third-order valence-corrected chi connectivity index (χ3v) is 12.6. The van der Waals surface area contributed by atoms with Crippen molar-refractivity contribution in [2.24, 2.45) is 34.2 Å². The predicted octanol–water partition coefficient (Wildman–Crippen LogP) is 0.521. The smallest absolute Gasteiger partial charge is 0.327 e. The molecule has 75 heavy (non-hydrogen) atoms. The molecule has 7 amide bonds. The summed E-state index contributed by atoms with van der Waals surface area (Å²) in [6.07, 6.45) is 4.11. The van der Waals surface area contributed by atoms with Gasteiger partial charge >= 0.3 is 11.9 Å². The van der Waals surface area contributed by atoms with E-state index in [1.807, 2.05) is 43.3 Å². The molecule has 2 aromatic carbocycles. The van der Waals surface area contributed by atoms with Crippen LogP contribution in [0.5, 0.6) is 5.75 Å². The number of rotatable bonds is 17. The number of likely N-dealkylation sites (N-methyl/N-ethyl adjacent to an activating group) is 1. The molecule has 408 valence electrons. The molecule has 1 aliphatic heterocycles. The second kappa shape index (κ2) is 29.6. The van der Waals surface area contributed by atoms with Crippen molar-refractivity contribution >= 4 is 59.2 Å². The quantitative estimate of drug-likeness (QED) is 0.0338. The summed E-state index contributed by atoms with van der Waals surface area (Å²) in [6.45, 7) is 11.3. The third kappa shape index (κ3) is 19.7. The average molecular weight is 1050 g/mol. The van der Waals surface area contributed by atoms with E-state index in [0.29, 0.717) is 17.6 Å². The first kappa shape index (κ1) is 61.2. The fourth-order valence-electron chi connectivity index (χ4n) is 7.88. The van der Waals surface area contributed by atoms with Gasteiger partial charge in [-0.25, -0.2) is 4.79 Å². The van der Waals surface area contributed by atoms with E-state index in [4.69, 9.17) is 16.2 Å². The van der Waals surface area contributed by atoms with Crippen LogP contribution in [-0.2, 0) is 60.7 Å². The summed E-state index contributed by atoms with van der Waals surface area (Å²) in [4.78, 5) is 128. The average Bonchev–Trinajstić information content (AvgIpc) is 3.36. The lowest BCUT2D eigenvalue weighted by atomic mass is 9.94. The monoisotopic (exact) mass is 1040 g/mol. The molecule has 0 aliphatic carbocycles. The zero-order valence-electron chi connectivity index (χ0n) is 43.3. The predicted molar refractivity (Wildman–Crippen MR) is 277 cm³/mol. The molecule has 1 aliphatic rings. The zero-order chi connectivity index (χ0) is 56.1. The molecule has 0 aromatic heterocycles. The molecule has 1 heterocycles. The Kier molecular flexibility index (Phi) is 24.1. The number of carboxylic acid groups (broad SMARTS) is 2. The normalized spacial score (nSPS) is 24.1. The van der Waals surface area contributed by atoms with Crippen molar-refractivity contribution in [2.45, 2.75) is 115 Å². The van der Waals surface area contributed by atoms with Crippen LogP contribution in [-0.4, -0.2) is 143 Å². The van der Waals surface area contributed by atoms with Crippen molar-refractivity contribution in [3.8, 4) is 5.75 Å². The van der Waals surface area contributed by atoms with E-state index < -0.39 is 120 Å². The van der Waals surface area contributed by atoms with Gasteiger partial charge in [-0.15, -0.1) is 0 Å². The van der Waals surface area contributed by atoms with Crippen LogP contribution in [0.25, 0.3) is 0 Å². The summed E-state index contributed by atoms with van der Waals surface area (Å²) in [5.74, 6) is -13.0. The molecule has 2 aromatic rings. The number of carboxylic acids is 2. The number of nitrogens with two attached hydrogens (primary N) is 2. The first-order chi connectivity index (χ1) is 35.3. The highest BCUT2D eigenvalue weighted by Gasteiger charge is 2.38. The maximum absolute atomic E-state index is 14.5. The minimum absolute atomic E-state index is 0.00288. The van der Waals surface area contributed by atoms with E-state index in [0.717, 1.165) is 17.5 Å². The molecule has 10 atom stereocenters. The van der Waals surface area contributed by atoms with E-state index >= 15 is 0 Å². The van der Waals surface area contributed by atoms with Crippen LogP contribution in [0.1, 0.15) is 71.4 Å². The number of allylic oxidation sites excluding steroid dienone is 2. The summed E-state index contributed by atoms with van der Waals surface area (Å²) in [5, 5.41) is 45.0. The number of hydrogen-bond acceptors (Lipinski definition) is 12. The van der Waals surface area contributed by atoms with Crippen LogP contribution in [0.3, 0.4) is 0 Å². The number of aliphatic carboxylic acids is 2. The number of aliphatic imine (C=N–C) groups is 1. The first-order valence-corrected chi connectivity index (χ1v) is 24.3. The minimum Gasteiger partial charge on any atom is -0.508 e. The summed E-state index contributed by atoms with van der Waals surface area (Å²) in [5.41, 5.74) is 12.7. The molecule has 0 saturated carbocycles. The summed E-state index contributed by atoms with van der Waals surface area (Å²) in [7, 11) is 2.75. The van der Waals surface area contributed by atoms with Gasteiger partial charge in [-0.2, -0.15) is 0 Å². The maximum Gasteiger partial charge on any atom is 0.327 e. The fraction of sp³-hybridized carbons (Fsp3) is 0.462. The van der Waals surface area contributed by atoms with Gasteiger partial charge in [0.15, 0.2) is 5.96 Å². The highest BCUT2D eigenvalue weighted by Crippen LogP contribution is 2.19. The Morgan fingerprint density at radius 3 is 1.99 bits per heavy atom. The Balaban J connectivity index is 2.19. The molecule has 6 unspecified atom stereocenters. The van der Waals surface area contributed by atoms with Crippen LogP contribution in [0.2, 0.25) is 0 Å². The molecular weight excluding hydrogens is 973 g/mol. The number of guanidine groups is 1. The van der Waals surface area contributed by atoms with Gasteiger partial charge in [-0.3, -0.25) is 43.3 Å². The third-order valence-electron chi connectivity index (χ3n) is 12.6. The van der Waals surface area contributed by atoms with Gasteiger partial charge in [-0.05, 0) is 62.8 Å². The van der Waals surface area contributed by atoms with Crippen molar-refractivity contribution < 1.29 is 63.2 Å². The number of amides is 7. The number of nitrogens with zero attached hydrogens (tertiary/aromatic N) is 2. The van der Waals surface area contributed by atoms with Crippen molar-refractivity contribution in [3.63, 3.8) is 0 Å². The van der Waals surface area contributed by atoms with E-state index in [-0.39, 0.29) is 49.5 Å². The standard InChI is InChI=1S/C52H72N10O13/c1-28(25-29(2)41(75-8)27-34-13-10-9-11-14-34)16-21-37-30(3)44(66)59-39(22-23-42(64)65)50(72)62(7)33(6)47(69)56-32(5)46(68)60-40(26-35-17-19-36(63)20-18-35)49(71)61-43(51(73)74)31(4)45(67)58-38(48(70)57-37)15-12-24-55-52(53)54/h9-11,13-14,16-21,25,29-32,37-41,43,63H,6,12,15,22-24,26-27H2,1-5,7-8H3,(H,56,69)(H,57,70)(H,58,67)(H,59,66)(H,60,68)(H,61,71)(H,64,65)(H,73,74)(H4,53,54,55)/b21-16+,28-25+/t29?,30?,31-,32+,37?,38?,39+,40-,41?,43?/m0/s1. The topological polar surface area (TPSA) is 363 Å². The Morgan fingerprint density at radius 1 is 0.787 bits per heavy atom. The maximum atomic E-state index is 14.5. The van der Waals surface area contributed by atoms with Gasteiger partial charge in [0.2, 0.25) is 35.4 Å². The first-order valence-electron chi connectivity index (χ1n) is 24.3. The van der Waals surface area contributed by atoms with Gasteiger partial charge in [-0.1, -0.05) is 93.6 Å². The highest BCUT2D eigenvalue weighted by atomic mass is 16.5. The van der Waals surface area contributed by atoms with E-state index in [9.17, 15) is 58.5 Å². The number of methoxy groups -OCH3 is 1. The number of carbonyl (C=O) groups excluding carboxylic acids is 7. The molecule has 3 rings (SSSR count). The molecule has 1 saturated heterocycles. The van der Waals surface area contributed by atoms with Gasteiger partial charge in [0.25, 0.3) is 5.91 Å². The van der Waals surface area contributed by atoms with E-state index in [1.165, 1.54) is 51.1 Å². The lowest BCUT2D eigenvalue weighted by molar-refractivity contribution is -0.146. The molecule has 0 radical (unpaired) electrons. The molecule has 0 spiro atoms. The number of nitrogens with one attached hydrogen (secondary N) is 6. The molecule has 23 heteroatoms. The van der Waals surface area contributed by atoms with Gasteiger partial charge in [0, 0.05) is 39.5 Å². The SMILES string of the molecule is C=C1C(=O)N[C@H](C)C(=O)N[C@@H](Cc2ccc(O)cc2)C(=O)NC(C(=O)O)[C@H](C)C(=O)NC(CCCN=C(N)N)C(=O)NC(/C=C/C(C)=C/C(C)C(Cc2ccccc2)OC)C(C)C(=O)N[C@H](CCC(=O)O)C(=O)N1C. The number of phenols is 1. The summed E-state index contributed by atoms with van der Waals surface area (Å²) >= 11 is 0. The number of benzene rings is 2. The van der Waals surface area contributed by atoms with Gasteiger partial charge in [0.1, 0.15) is 41.7 Å². The second-order valence-corrected chi connectivity index (χ2v) is 18.5. The zero-order valence-corrected chi connectivity index (χ0v) is 43.3. The Labute approximate surface area is 436 Å². The van der Waals surface area contributed by atoms with Crippen molar-refractivity contribution in [3.05, 3.63) is 102 Å². The van der Waals surface area contributed by atoms with Crippen LogP contribution in [0, 0.1) is 17.8 Å². The molecular formula is C52H72N10O13. The number of phenolic OH excluding ortho intramolecular Hbond substituents is 1.